The van der Waals surface area contributed by atoms with E-state index in [4.69, 9.17) is 0 Å². The van der Waals surface area contributed by atoms with Crippen LogP contribution in [-0.4, -0.2) is 21.4 Å². The number of carbonyl (C=O) groups excluding carboxylic acids is 2. The monoisotopic (exact) mass is 328 g/mol. The van der Waals surface area contributed by atoms with E-state index in [1.54, 1.807) is 24.4 Å². The molecule has 0 spiro atoms. The Kier molecular flexibility index (Phi) is 5.73. The smallest absolute Gasteiger partial charge is 0.251 e. The lowest BCUT2D eigenvalue weighted by molar-refractivity contribution is -0.116. The maximum absolute atomic E-state index is 12.2. The molecule has 0 saturated carbocycles. The van der Waals surface area contributed by atoms with Gasteiger partial charge in [0.05, 0.1) is 6.54 Å². The molecule has 128 valence electrons. The molecule has 2 N–H and O–H groups in total. The standard InChI is InChI=1S/C18H24N4O2/c1-12(2)9-17(23)21-15-6-5-14(10-13(15)3)18(24)20-11-16-19-7-8-22(16)4/h5-8,10,12H,9,11H2,1-4H3,(H,20,24)(H,21,23). The predicted molar refractivity (Wildman–Crippen MR) is 93.6 cm³/mol. The van der Waals surface area contributed by atoms with E-state index in [-0.39, 0.29) is 11.8 Å². The zero-order valence-electron chi connectivity index (χ0n) is 14.6. The average molecular weight is 328 g/mol. The van der Waals surface area contributed by atoms with Crippen molar-refractivity contribution in [2.75, 3.05) is 5.32 Å². The Morgan fingerprint density at radius 2 is 2.04 bits per heavy atom. The Hall–Kier alpha value is -2.63. The first kappa shape index (κ1) is 17.7. The number of rotatable bonds is 6. The molecule has 0 saturated heterocycles. The second kappa shape index (κ2) is 7.77. The molecule has 6 nitrogen and oxygen atoms in total. The summed E-state index contributed by atoms with van der Waals surface area (Å²) in [7, 11) is 1.88. The zero-order chi connectivity index (χ0) is 17.7. The van der Waals surface area contributed by atoms with Gasteiger partial charge in [0.1, 0.15) is 5.82 Å². The summed E-state index contributed by atoms with van der Waals surface area (Å²) in [6.45, 7) is 6.25. The van der Waals surface area contributed by atoms with Crippen LogP contribution < -0.4 is 10.6 Å². The fraction of sp³-hybridized carbons (Fsp3) is 0.389. The van der Waals surface area contributed by atoms with Crippen molar-refractivity contribution in [3.63, 3.8) is 0 Å². The van der Waals surface area contributed by atoms with Gasteiger partial charge in [-0.15, -0.1) is 0 Å². The van der Waals surface area contributed by atoms with Crippen LogP contribution in [0.5, 0.6) is 0 Å². The van der Waals surface area contributed by atoms with Crippen LogP contribution in [0.1, 0.15) is 42.0 Å². The van der Waals surface area contributed by atoms with Gasteiger partial charge in [-0.3, -0.25) is 9.59 Å². The van der Waals surface area contributed by atoms with E-state index in [9.17, 15) is 9.59 Å². The number of hydrogen-bond donors (Lipinski definition) is 2. The van der Waals surface area contributed by atoms with E-state index in [0.29, 0.717) is 24.4 Å². The quantitative estimate of drug-likeness (QED) is 0.856. The summed E-state index contributed by atoms with van der Waals surface area (Å²) in [5.41, 5.74) is 2.15. The SMILES string of the molecule is Cc1cc(C(=O)NCc2nccn2C)ccc1NC(=O)CC(C)C. The number of benzene rings is 1. The number of hydrogen-bond acceptors (Lipinski definition) is 3. The second-order valence-corrected chi connectivity index (χ2v) is 6.31. The minimum absolute atomic E-state index is 0.0138. The van der Waals surface area contributed by atoms with Crippen molar-refractivity contribution in [3.8, 4) is 0 Å². The molecule has 2 rings (SSSR count). The molecule has 0 aliphatic rings. The van der Waals surface area contributed by atoms with Crippen LogP contribution in [0.2, 0.25) is 0 Å². The highest BCUT2D eigenvalue weighted by atomic mass is 16.2. The Morgan fingerprint density at radius 1 is 1.29 bits per heavy atom. The van der Waals surface area contributed by atoms with Crippen molar-refractivity contribution in [1.82, 2.24) is 14.9 Å². The van der Waals surface area contributed by atoms with Crippen LogP contribution in [0.15, 0.2) is 30.6 Å². The van der Waals surface area contributed by atoms with E-state index in [1.807, 2.05) is 38.6 Å². The highest BCUT2D eigenvalue weighted by Gasteiger charge is 2.11. The Morgan fingerprint density at radius 3 is 2.62 bits per heavy atom. The van der Waals surface area contributed by atoms with Gasteiger partial charge in [0.25, 0.3) is 5.91 Å². The molecule has 24 heavy (non-hydrogen) atoms. The molecule has 2 aromatic rings. The summed E-state index contributed by atoms with van der Waals surface area (Å²) in [6, 6.07) is 5.26. The van der Waals surface area contributed by atoms with Crippen LogP contribution in [-0.2, 0) is 18.4 Å². The van der Waals surface area contributed by atoms with Gasteiger partial charge >= 0.3 is 0 Å². The van der Waals surface area contributed by atoms with E-state index in [2.05, 4.69) is 15.6 Å². The van der Waals surface area contributed by atoms with Gasteiger partial charge in [-0.25, -0.2) is 4.98 Å². The molecule has 0 aliphatic heterocycles. The maximum Gasteiger partial charge on any atom is 0.251 e. The van der Waals surface area contributed by atoms with E-state index < -0.39 is 0 Å². The van der Waals surface area contributed by atoms with Crippen molar-refractivity contribution >= 4 is 17.5 Å². The molecular weight excluding hydrogens is 304 g/mol. The van der Waals surface area contributed by atoms with Crippen molar-refractivity contribution in [2.45, 2.75) is 33.7 Å². The normalized spacial score (nSPS) is 10.7. The number of imidazole rings is 1. The molecule has 0 bridgehead atoms. The third-order valence-corrected chi connectivity index (χ3v) is 3.68. The number of anilines is 1. The van der Waals surface area contributed by atoms with E-state index in [1.165, 1.54) is 0 Å². The molecule has 2 amide bonds. The molecule has 6 heteroatoms. The summed E-state index contributed by atoms with van der Waals surface area (Å²) in [5.74, 6) is 0.917. The topological polar surface area (TPSA) is 76.0 Å². The summed E-state index contributed by atoms with van der Waals surface area (Å²) in [4.78, 5) is 28.3. The minimum atomic E-state index is -0.166. The highest BCUT2D eigenvalue weighted by Crippen LogP contribution is 2.17. The molecule has 1 heterocycles. The van der Waals surface area contributed by atoms with Gasteiger partial charge in [-0.05, 0) is 36.6 Å². The molecule has 0 atom stereocenters. The first-order chi connectivity index (χ1) is 11.4. The van der Waals surface area contributed by atoms with E-state index >= 15 is 0 Å². The fourth-order valence-corrected chi connectivity index (χ4v) is 2.35. The van der Waals surface area contributed by atoms with Gasteiger partial charge < -0.3 is 15.2 Å². The highest BCUT2D eigenvalue weighted by molar-refractivity contribution is 5.96. The van der Waals surface area contributed by atoms with Crippen molar-refractivity contribution < 1.29 is 9.59 Å². The third-order valence-electron chi connectivity index (χ3n) is 3.68. The van der Waals surface area contributed by atoms with Crippen LogP contribution in [0.4, 0.5) is 5.69 Å². The number of nitrogens with zero attached hydrogens (tertiary/aromatic N) is 2. The third kappa shape index (κ3) is 4.68. The van der Waals surface area contributed by atoms with Crippen LogP contribution in [0, 0.1) is 12.8 Å². The van der Waals surface area contributed by atoms with Gasteiger partial charge in [0, 0.05) is 37.1 Å². The number of aryl methyl sites for hydroxylation is 2. The maximum atomic E-state index is 12.2. The van der Waals surface area contributed by atoms with Crippen LogP contribution in [0.3, 0.4) is 0 Å². The van der Waals surface area contributed by atoms with Gasteiger partial charge in [0.15, 0.2) is 0 Å². The van der Waals surface area contributed by atoms with Crippen LogP contribution in [0.25, 0.3) is 0 Å². The summed E-state index contributed by atoms with van der Waals surface area (Å²) < 4.78 is 1.86. The fourth-order valence-electron chi connectivity index (χ4n) is 2.35. The second-order valence-electron chi connectivity index (χ2n) is 6.31. The van der Waals surface area contributed by atoms with Gasteiger partial charge in [-0.1, -0.05) is 13.8 Å². The predicted octanol–water partition coefficient (Wildman–Crippen LogP) is 2.64. The van der Waals surface area contributed by atoms with Gasteiger partial charge in [0.2, 0.25) is 5.91 Å². The Labute approximate surface area is 142 Å². The number of amides is 2. The number of aromatic nitrogens is 2. The lowest BCUT2D eigenvalue weighted by Crippen LogP contribution is -2.24. The minimum Gasteiger partial charge on any atom is -0.345 e. The number of carbonyl (C=O) groups is 2. The molecule has 0 radical (unpaired) electrons. The zero-order valence-corrected chi connectivity index (χ0v) is 14.6. The van der Waals surface area contributed by atoms with E-state index in [0.717, 1.165) is 17.1 Å². The summed E-state index contributed by atoms with van der Waals surface area (Å²) >= 11 is 0. The molecular formula is C18H24N4O2. The van der Waals surface area contributed by atoms with Crippen molar-refractivity contribution in [1.29, 1.82) is 0 Å². The van der Waals surface area contributed by atoms with Gasteiger partial charge in [-0.2, -0.15) is 0 Å². The Balaban J connectivity index is 1.99. The lowest BCUT2D eigenvalue weighted by atomic mass is 10.1. The van der Waals surface area contributed by atoms with Crippen molar-refractivity contribution in [2.24, 2.45) is 13.0 Å². The Bertz CT molecular complexity index is 734. The first-order valence-corrected chi connectivity index (χ1v) is 8.01. The summed E-state index contributed by atoms with van der Waals surface area (Å²) in [5, 5.41) is 5.73. The molecule has 0 unspecified atom stereocenters. The first-order valence-electron chi connectivity index (χ1n) is 8.01. The largest absolute Gasteiger partial charge is 0.345 e. The molecule has 0 aliphatic carbocycles. The molecule has 1 aromatic heterocycles. The summed E-state index contributed by atoms with van der Waals surface area (Å²) in [6.07, 6.45) is 4.01. The molecule has 0 fully saturated rings. The van der Waals surface area contributed by atoms with Crippen LogP contribution >= 0.6 is 0 Å². The molecule has 1 aromatic carbocycles. The lowest BCUT2D eigenvalue weighted by Gasteiger charge is -2.11. The average Bonchev–Trinajstić information content (AvgIpc) is 2.91. The number of nitrogens with one attached hydrogen (secondary N) is 2. The van der Waals surface area contributed by atoms with Crippen molar-refractivity contribution in [3.05, 3.63) is 47.5 Å².